The van der Waals surface area contributed by atoms with Crippen molar-refractivity contribution in [1.29, 1.82) is 5.26 Å². The monoisotopic (exact) mass is 428 g/mol. The Morgan fingerprint density at radius 1 is 1.09 bits per heavy atom. The van der Waals surface area contributed by atoms with Crippen LogP contribution in [0.3, 0.4) is 0 Å². The number of carboxylic acid groups (broad SMARTS) is 1. The molecular weight excluding hydrogens is 407 g/mol. The first kappa shape index (κ1) is 21.1. The zero-order valence-corrected chi connectivity index (χ0v) is 17.6. The Balaban J connectivity index is 2.19. The van der Waals surface area contributed by atoms with Crippen LogP contribution in [0, 0.1) is 17.1 Å². The molecule has 4 rings (SSSR count). The van der Waals surface area contributed by atoms with Gasteiger partial charge in [-0.15, -0.1) is 0 Å². The van der Waals surface area contributed by atoms with Crippen LogP contribution in [-0.2, 0) is 5.41 Å². The van der Waals surface area contributed by atoms with Crippen LogP contribution < -0.4 is 0 Å². The Bertz CT molecular complexity index is 1380. The third kappa shape index (κ3) is 3.58. The average molecular weight is 428 g/mol. The normalized spacial score (nSPS) is 11.4. The number of aromatic carboxylic acids is 1. The molecule has 0 aliphatic rings. The maximum absolute atomic E-state index is 13.7. The van der Waals surface area contributed by atoms with Crippen molar-refractivity contribution in [2.75, 3.05) is 0 Å². The van der Waals surface area contributed by atoms with E-state index >= 15 is 0 Å². The summed E-state index contributed by atoms with van der Waals surface area (Å²) in [7, 11) is 0. The van der Waals surface area contributed by atoms with Crippen LogP contribution in [0.15, 0.2) is 66.7 Å². The average Bonchev–Trinajstić information content (AvgIpc) is 3.09. The largest absolute Gasteiger partial charge is 0.508 e. The lowest BCUT2D eigenvalue weighted by atomic mass is 9.81. The van der Waals surface area contributed by atoms with E-state index in [0.717, 1.165) is 16.8 Å². The number of nitrogens with zero attached hydrogens (tertiary/aromatic N) is 2. The number of rotatable bonds is 5. The molecule has 0 amide bonds. The van der Waals surface area contributed by atoms with E-state index in [4.69, 9.17) is 0 Å². The molecule has 4 aromatic rings. The molecule has 3 aromatic carbocycles. The van der Waals surface area contributed by atoms with Gasteiger partial charge >= 0.3 is 5.97 Å². The lowest BCUT2D eigenvalue weighted by Gasteiger charge is -2.26. The van der Waals surface area contributed by atoms with Gasteiger partial charge in [-0.3, -0.25) is 0 Å². The molecule has 6 heteroatoms. The van der Waals surface area contributed by atoms with Gasteiger partial charge in [0.15, 0.2) is 0 Å². The topological polar surface area (TPSA) is 86.2 Å². The molecule has 0 aliphatic heterocycles. The molecule has 0 spiro atoms. The molecule has 0 atom stereocenters. The smallest absolute Gasteiger partial charge is 0.335 e. The van der Waals surface area contributed by atoms with Crippen molar-refractivity contribution in [3.05, 3.63) is 83.8 Å². The van der Waals surface area contributed by atoms with Crippen LogP contribution in [0.2, 0.25) is 0 Å². The lowest BCUT2D eigenvalue weighted by Crippen LogP contribution is -2.21. The maximum Gasteiger partial charge on any atom is 0.335 e. The zero-order valence-electron chi connectivity index (χ0n) is 17.6. The minimum Gasteiger partial charge on any atom is -0.508 e. The van der Waals surface area contributed by atoms with E-state index in [2.05, 4.69) is 6.07 Å². The quantitative estimate of drug-likeness (QED) is 0.406. The molecular formula is C26H21FN2O3. The van der Waals surface area contributed by atoms with Crippen LogP contribution in [-0.4, -0.2) is 20.7 Å². The molecule has 0 radical (unpaired) electrons. The third-order valence-electron chi connectivity index (χ3n) is 5.60. The van der Waals surface area contributed by atoms with Gasteiger partial charge in [0.25, 0.3) is 0 Å². The second-order valence-electron chi connectivity index (χ2n) is 8.34. The number of fused-ring (bicyclic) bond motifs is 1. The van der Waals surface area contributed by atoms with E-state index in [1.165, 1.54) is 18.2 Å². The summed E-state index contributed by atoms with van der Waals surface area (Å²) >= 11 is 0. The van der Waals surface area contributed by atoms with Crippen LogP contribution in [0.5, 0.6) is 5.75 Å². The molecule has 0 unspecified atom stereocenters. The summed E-state index contributed by atoms with van der Waals surface area (Å²) in [5.74, 6) is -1.35. The highest BCUT2D eigenvalue weighted by molar-refractivity contribution is 6.01. The lowest BCUT2D eigenvalue weighted by molar-refractivity contribution is 0.0697. The van der Waals surface area contributed by atoms with Gasteiger partial charge in [-0.05, 0) is 60.2 Å². The molecule has 32 heavy (non-hydrogen) atoms. The standard InChI is InChI=1S/C26H21FN2O3/c1-26(2,12-13-28)24-23(16-4-3-5-17(14-16)25(31)32)21-15-20(30)10-11-22(21)29(24)19-8-6-18(27)7-9-19/h3-11,14-15,30H,12H2,1-2H3,(H,31,32). The van der Waals surface area contributed by atoms with Crippen molar-refractivity contribution in [1.82, 2.24) is 4.57 Å². The summed E-state index contributed by atoms with van der Waals surface area (Å²) in [5, 5.41) is 30.0. The molecule has 0 saturated heterocycles. The predicted octanol–water partition coefficient (Wildman–Crippen LogP) is 6.03. The predicted molar refractivity (Wildman–Crippen MR) is 121 cm³/mol. The highest BCUT2D eigenvalue weighted by Crippen LogP contribution is 2.45. The molecule has 160 valence electrons. The third-order valence-corrected chi connectivity index (χ3v) is 5.60. The number of halogens is 1. The van der Waals surface area contributed by atoms with E-state index in [0.29, 0.717) is 16.6 Å². The molecule has 2 N–H and O–H groups in total. The fourth-order valence-electron chi connectivity index (χ4n) is 4.16. The van der Waals surface area contributed by atoms with Gasteiger partial charge in [0.1, 0.15) is 11.6 Å². The van der Waals surface area contributed by atoms with Crippen LogP contribution in [0.1, 0.15) is 36.3 Å². The van der Waals surface area contributed by atoms with Gasteiger partial charge in [-0.2, -0.15) is 5.26 Å². The van der Waals surface area contributed by atoms with E-state index in [1.807, 2.05) is 24.5 Å². The molecule has 0 aliphatic carbocycles. The number of aromatic hydroxyl groups is 1. The number of hydrogen-bond donors (Lipinski definition) is 2. The van der Waals surface area contributed by atoms with Gasteiger partial charge in [0.2, 0.25) is 0 Å². The highest BCUT2D eigenvalue weighted by Gasteiger charge is 2.32. The Kier molecular flexibility index (Phi) is 5.19. The number of benzene rings is 3. The van der Waals surface area contributed by atoms with Crippen molar-refractivity contribution < 1.29 is 19.4 Å². The van der Waals surface area contributed by atoms with Crippen LogP contribution in [0.4, 0.5) is 4.39 Å². The fourth-order valence-corrected chi connectivity index (χ4v) is 4.16. The number of nitriles is 1. The Hall–Kier alpha value is -4.11. The SMILES string of the molecule is CC(C)(CC#N)c1c(-c2cccc(C(=O)O)c2)c2cc(O)ccc2n1-c1ccc(F)cc1. The molecule has 1 heterocycles. The zero-order chi connectivity index (χ0) is 23.0. The molecule has 0 saturated carbocycles. The summed E-state index contributed by atoms with van der Waals surface area (Å²) in [4.78, 5) is 11.6. The fraction of sp³-hybridized carbons (Fsp3) is 0.154. The number of phenols is 1. The van der Waals surface area contributed by atoms with E-state index in [1.54, 1.807) is 42.5 Å². The van der Waals surface area contributed by atoms with Gasteiger partial charge < -0.3 is 14.8 Å². The number of carboxylic acids is 1. The first-order valence-corrected chi connectivity index (χ1v) is 10.1. The van der Waals surface area contributed by atoms with Crippen LogP contribution in [0.25, 0.3) is 27.7 Å². The van der Waals surface area contributed by atoms with Crippen molar-refractivity contribution in [2.45, 2.75) is 25.7 Å². The number of hydrogen-bond acceptors (Lipinski definition) is 3. The second-order valence-corrected chi connectivity index (χ2v) is 8.34. The summed E-state index contributed by atoms with van der Waals surface area (Å²) < 4.78 is 15.6. The summed E-state index contributed by atoms with van der Waals surface area (Å²) in [5.41, 5.74) is 3.09. The Morgan fingerprint density at radius 2 is 1.81 bits per heavy atom. The van der Waals surface area contributed by atoms with Crippen molar-refractivity contribution in [3.8, 4) is 28.6 Å². The number of carbonyl (C=O) groups is 1. The van der Waals surface area contributed by atoms with Crippen LogP contribution >= 0.6 is 0 Å². The van der Waals surface area contributed by atoms with Crippen molar-refractivity contribution in [2.24, 2.45) is 0 Å². The highest BCUT2D eigenvalue weighted by atomic mass is 19.1. The van der Waals surface area contributed by atoms with E-state index in [-0.39, 0.29) is 23.6 Å². The summed E-state index contributed by atoms with van der Waals surface area (Å²) in [6.07, 6.45) is 0.197. The van der Waals surface area contributed by atoms with Gasteiger partial charge in [0, 0.05) is 34.2 Å². The summed E-state index contributed by atoms with van der Waals surface area (Å²) in [6.45, 7) is 3.88. The number of aromatic nitrogens is 1. The molecule has 0 fully saturated rings. The molecule has 5 nitrogen and oxygen atoms in total. The second kappa shape index (κ2) is 7.86. The van der Waals surface area contributed by atoms with E-state index in [9.17, 15) is 24.7 Å². The van der Waals surface area contributed by atoms with Crippen molar-refractivity contribution >= 4 is 16.9 Å². The van der Waals surface area contributed by atoms with Crippen molar-refractivity contribution in [3.63, 3.8) is 0 Å². The maximum atomic E-state index is 13.7. The molecule has 0 bridgehead atoms. The summed E-state index contributed by atoms with van der Waals surface area (Å²) in [6, 6.07) is 19.8. The van der Waals surface area contributed by atoms with Gasteiger partial charge in [-0.1, -0.05) is 26.0 Å². The Labute approximate surface area is 184 Å². The first-order chi connectivity index (χ1) is 15.2. The number of phenolic OH excluding ortho intramolecular Hbond substituents is 1. The minimum atomic E-state index is -1.05. The minimum absolute atomic E-state index is 0.0639. The Morgan fingerprint density at radius 3 is 2.47 bits per heavy atom. The van der Waals surface area contributed by atoms with Gasteiger partial charge in [-0.25, -0.2) is 9.18 Å². The van der Waals surface area contributed by atoms with Gasteiger partial charge in [0.05, 0.1) is 17.1 Å². The first-order valence-electron chi connectivity index (χ1n) is 10.1. The van der Waals surface area contributed by atoms with E-state index < -0.39 is 11.4 Å². The molecule has 1 aromatic heterocycles.